The molecule has 0 saturated heterocycles. The van der Waals surface area contributed by atoms with Gasteiger partial charge >= 0.3 is 0 Å². The third-order valence-electron chi connectivity index (χ3n) is 4.96. The minimum Gasteiger partial charge on any atom is -0.381 e. The third-order valence-corrected chi connectivity index (χ3v) is 4.96. The van der Waals surface area contributed by atoms with Crippen LogP contribution in [0.4, 0.5) is 0 Å². The molecule has 0 atom stereocenters. The van der Waals surface area contributed by atoms with Crippen LogP contribution in [-0.4, -0.2) is 34.8 Å². The molecule has 136 valence electrons. The first-order valence-electron chi connectivity index (χ1n) is 8.83. The summed E-state index contributed by atoms with van der Waals surface area (Å²) in [4.78, 5) is 30.9. The lowest BCUT2D eigenvalue weighted by atomic mass is 9.90. The molecular weight excluding hydrogens is 342 g/mol. The second-order valence-electron chi connectivity index (χ2n) is 6.50. The van der Waals surface area contributed by atoms with Crippen molar-refractivity contribution in [2.45, 2.75) is 20.0 Å². The summed E-state index contributed by atoms with van der Waals surface area (Å²) in [5, 5.41) is 0. The second kappa shape index (κ2) is 6.89. The topological polar surface area (TPSA) is 65.1 Å². The van der Waals surface area contributed by atoms with Gasteiger partial charge in [0, 0.05) is 31.4 Å². The largest absolute Gasteiger partial charge is 0.381 e. The van der Waals surface area contributed by atoms with Gasteiger partial charge in [-0.3, -0.25) is 14.6 Å². The van der Waals surface area contributed by atoms with Crippen LogP contribution in [0.25, 0.3) is 0 Å². The number of nitrogens with zero attached hydrogens (tertiary/aromatic N) is 3. The molecule has 0 aliphatic heterocycles. The fourth-order valence-electron chi connectivity index (χ4n) is 3.62. The summed E-state index contributed by atoms with van der Waals surface area (Å²) in [7, 11) is 1.62. The van der Waals surface area contributed by atoms with Crippen molar-refractivity contribution in [2.75, 3.05) is 13.7 Å². The van der Waals surface area contributed by atoms with E-state index in [9.17, 15) is 9.59 Å². The molecule has 0 saturated carbocycles. The zero-order chi connectivity index (χ0) is 19.0. The van der Waals surface area contributed by atoms with E-state index in [1.807, 2.05) is 34.3 Å². The van der Waals surface area contributed by atoms with E-state index in [1.54, 1.807) is 37.6 Å². The van der Waals surface area contributed by atoms with Crippen LogP contribution in [0, 0.1) is 6.92 Å². The van der Waals surface area contributed by atoms with Crippen molar-refractivity contribution in [1.82, 2.24) is 9.55 Å². The van der Waals surface area contributed by atoms with E-state index < -0.39 is 0 Å². The zero-order valence-electron chi connectivity index (χ0n) is 15.3. The zero-order valence-corrected chi connectivity index (χ0v) is 15.3. The average Bonchev–Trinajstić information content (AvgIpc) is 2.97. The van der Waals surface area contributed by atoms with Gasteiger partial charge in [0.25, 0.3) is 5.82 Å². The molecule has 27 heavy (non-hydrogen) atoms. The normalized spacial score (nSPS) is 12.8. The van der Waals surface area contributed by atoms with Gasteiger partial charge in [0.2, 0.25) is 23.0 Å². The Morgan fingerprint density at radius 3 is 2.41 bits per heavy atom. The van der Waals surface area contributed by atoms with Gasteiger partial charge in [0.1, 0.15) is 13.1 Å². The molecule has 3 aromatic rings. The standard InChI is InChI=1S/C21H20N3O3/c1-14-23(11-12-27-2)18-19(24(14)13-15-7-5-6-10-22-15)21(26)17-9-4-3-8-16(17)20(18)25/h3-10H,11-13H2,1-2H3/q+1. The van der Waals surface area contributed by atoms with E-state index in [1.165, 1.54) is 0 Å². The highest BCUT2D eigenvalue weighted by molar-refractivity contribution is 6.26. The Balaban J connectivity index is 1.92. The number of hydrogen-bond acceptors (Lipinski definition) is 4. The monoisotopic (exact) mass is 362 g/mol. The molecular formula is C21H20N3O3+. The van der Waals surface area contributed by atoms with Gasteiger partial charge in [-0.05, 0) is 12.1 Å². The van der Waals surface area contributed by atoms with Crippen molar-refractivity contribution in [3.05, 3.63) is 82.7 Å². The van der Waals surface area contributed by atoms with Gasteiger partial charge in [0.15, 0.2) is 0 Å². The van der Waals surface area contributed by atoms with Gasteiger partial charge in [0.05, 0.1) is 12.3 Å². The maximum absolute atomic E-state index is 13.3. The van der Waals surface area contributed by atoms with Gasteiger partial charge < -0.3 is 4.74 Å². The summed E-state index contributed by atoms with van der Waals surface area (Å²) in [6.07, 6.45) is 1.72. The van der Waals surface area contributed by atoms with Gasteiger partial charge in [-0.15, -0.1) is 0 Å². The summed E-state index contributed by atoms with van der Waals surface area (Å²) in [5.41, 5.74) is 2.60. The first-order valence-corrected chi connectivity index (χ1v) is 8.83. The maximum Gasteiger partial charge on any atom is 0.254 e. The number of carbonyl (C=O) groups excluding carboxylic acids is 2. The van der Waals surface area contributed by atoms with Crippen LogP contribution >= 0.6 is 0 Å². The first-order chi connectivity index (χ1) is 13.1. The van der Waals surface area contributed by atoms with Crippen LogP contribution in [0.2, 0.25) is 0 Å². The SMILES string of the molecule is COCCn1c2c([n+](Cc3ccccn3)c1C)C(=O)c1ccccc1C2=O. The Morgan fingerprint density at radius 1 is 1.04 bits per heavy atom. The van der Waals surface area contributed by atoms with Gasteiger partial charge in [-0.1, -0.05) is 30.3 Å². The van der Waals surface area contributed by atoms with E-state index >= 15 is 0 Å². The second-order valence-corrected chi connectivity index (χ2v) is 6.50. The molecule has 4 rings (SSSR count). The number of rotatable bonds is 5. The van der Waals surface area contributed by atoms with Crippen LogP contribution in [0.5, 0.6) is 0 Å². The van der Waals surface area contributed by atoms with E-state index in [0.29, 0.717) is 42.2 Å². The Hall–Kier alpha value is -3.12. The van der Waals surface area contributed by atoms with Crippen molar-refractivity contribution in [3.63, 3.8) is 0 Å². The number of fused-ring (bicyclic) bond motifs is 2. The van der Waals surface area contributed by atoms with Crippen LogP contribution in [0.1, 0.15) is 43.6 Å². The Bertz CT molecular complexity index is 1040. The lowest BCUT2D eigenvalue weighted by molar-refractivity contribution is -0.696. The Morgan fingerprint density at radius 2 is 1.74 bits per heavy atom. The molecule has 0 spiro atoms. The van der Waals surface area contributed by atoms with E-state index in [0.717, 1.165) is 11.5 Å². The highest BCUT2D eigenvalue weighted by Crippen LogP contribution is 2.27. The number of imidazole rings is 1. The molecule has 6 nitrogen and oxygen atoms in total. The predicted octanol–water partition coefficient (Wildman–Crippen LogP) is 1.95. The van der Waals surface area contributed by atoms with E-state index in [4.69, 9.17) is 4.74 Å². The van der Waals surface area contributed by atoms with Crippen molar-refractivity contribution in [2.24, 2.45) is 0 Å². The molecule has 0 radical (unpaired) electrons. The third kappa shape index (κ3) is 2.78. The summed E-state index contributed by atoms with van der Waals surface area (Å²) in [6, 6.07) is 12.7. The number of carbonyl (C=O) groups is 2. The molecule has 0 unspecified atom stereocenters. The molecule has 1 aliphatic rings. The molecule has 0 amide bonds. The molecule has 2 heterocycles. The molecule has 6 heteroatoms. The van der Waals surface area contributed by atoms with Crippen molar-refractivity contribution >= 4 is 11.6 Å². The molecule has 2 aromatic heterocycles. The summed E-state index contributed by atoms with van der Waals surface area (Å²) < 4.78 is 8.99. The minimum absolute atomic E-state index is 0.126. The lowest BCUT2D eigenvalue weighted by Gasteiger charge is -2.12. The number of pyridine rings is 1. The minimum atomic E-state index is -0.129. The quantitative estimate of drug-likeness (QED) is 0.509. The number of ether oxygens (including phenoxy) is 1. The van der Waals surface area contributed by atoms with Crippen LogP contribution in [0.3, 0.4) is 0 Å². The number of methoxy groups -OCH3 is 1. The van der Waals surface area contributed by atoms with Crippen molar-refractivity contribution < 1.29 is 18.9 Å². The summed E-state index contributed by atoms with van der Waals surface area (Å²) in [6.45, 7) is 3.30. The fraction of sp³-hybridized carbons (Fsp3) is 0.238. The number of ketones is 2. The number of benzene rings is 1. The Kier molecular flexibility index (Phi) is 4.41. The summed E-state index contributed by atoms with van der Waals surface area (Å²) >= 11 is 0. The van der Waals surface area contributed by atoms with Gasteiger partial charge in [-0.25, -0.2) is 9.13 Å². The lowest BCUT2D eigenvalue weighted by Crippen LogP contribution is -2.43. The van der Waals surface area contributed by atoms with Crippen LogP contribution in [0.15, 0.2) is 48.7 Å². The van der Waals surface area contributed by atoms with Crippen LogP contribution < -0.4 is 4.57 Å². The van der Waals surface area contributed by atoms with E-state index in [2.05, 4.69) is 4.98 Å². The van der Waals surface area contributed by atoms with E-state index in [-0.39, 0.29) is 11.6 Å². The Labute approximate surface area is 157 Å². The first kappa shape index (κ1) is 17.3. The average molecular weight is 362 g/mol. The fourth-order valence-corrected chi connectivity index (χ4v) is 3.62. The number of hydrogen-bond donors (Lipinski definition) is 0. The highest BCUT2D eigenvalue weighted by Gasteiger charge is 2.42. The molecule has 0 bridgehead atoms. The number of aromatic nitrogens is 3. The van der Waals surface area contributed by atoms with Gasteiger partial charge in [-0.2, -0.15) is 0 Å². The van der Waals surface area contributed by atoms with Crippen LogP contribution in [-0.2, 0) is 17.8 Å². The predicted molar refractivity (Wildman–Crippen MR) is 97.9 cm³/mol. The smallest absolute Gasteiger partial charge is 0.254 e. The maximum atomic E-state index is 13.3. The molecule has 1 aliphatic carbocycles. The van der Waals surface area contributed by atoms with Crippen molar-refractivity contribution in [1.29, 1.82) is 0 Å². The summed E-state index contributed by atoms with van der Waals surface area (Å²) in [5.74, 6) is 0.576. The molecule has 0 N–H and O–H groups in total. The molecule has 0 fully saturated rings. The highest BCUT2D eigenvalue weighted by atomic mass is 16.5. The van der Waals surface area contributed by atoms with Crippen molar-refractivity contribution in [3.8, 4) is 0 Å². The molecule has 1 aromatic carbocycles.